The zero-order chi connectivity index (χ0) is 17.3. The van der Waals surface area contributed by atoms with E-state index in [0.29, 0.717) is 5.41 Å². The number of hydrogen-bond donors (Lipinski definition) is 1. The fraction of sp³-hybridized carbons (Fsp3) is 0.500. The van der Waals surface area contributed by atoms with Gasteiger partial charge in [-0.15, -0.1) is 12.4 Å². The van der Waals surface area contributed by atoms with E-state index in [9.17, 15) is 0 Å². The second-order valence-corrected chi connectivity index (χ2v) is 9.12. The Morgan fingerprint density at radius 2 is 1.71 bits per heavy atom. The molecule has 1 aromatic carbocycles. The predicted molar refractivity (Wildman–Crippen MR) is 109 cm³/mol. The van der Waals surface area contributed by atoms with Crippen molar-refractivity contribution in [3.63, 3.8) is 0 Å². The lowest BCUT2D eigenvalue weighted by atomic mass is 9.82. The van der Waals surface area contributed by atoms with E-state index >= 15 is 0 Å². The summed E-state index contributed by atoms with van der Waals surface area (Å²) in [5.74, 6) is 1.91. The van der Waals surface area contributed by atoms with Crippen molar-refractivity contribution in [2.75, 3.05) is 0 Å². The van der Waals surface area contributed by atoms with Crippen molar-refractivity contribution in [3.05, 3.63) is 46.1 Å². The Morgan fingerprint density at radius 3 is 2.29 bits per heavy atom. The molecule has 0 aliphatic rings. The van der Waals surface area contributed by atoms with Crippen LogP contribution in [0.3, 0.4) is 0 Å². The topological polar surface area (TPSA) is 25.2 Å². The molecule has 134 valence electrons. The molecule has 0 radical (unpaired) electrons. The molecule has 1 heterocycles. The molecule has 0 atom stereocenters. The molecule has 24 heavy (non-hydrogen) atoms. The van der Waals surface area contributed by atoms with Crippen LogP contribution in [0.1, 0.15) is 52.4 Å². The molecular formula is C20H29BrClNO. The van der Waals surface area contributed by atoms with Crippen molar-refractivity contribution < 1.29 is 4.42 Å². The fourth-order valence-electron chi connectivity index (χ4n) is 3.24. The summed E-state index contributed by atoms with van der Waals surface area (Å²) >= 11 is 3.50. The van der Waals surface area contributed by atoms with Crippen LogP contribution in [-0.4, -0.2) is 5.54 Å². The average molecular weight is 415 g/mol. The quantitative estimate of drug-likeness (QED) is 0.585. The highest BCUT2D eigenvalue weighted by molar-refractivity contribution is 9.10. The molecular weight excluding hydrogens is 386 g/mol. The lowest BCUT2D eigenvalue weighted by Gasteiger charge is -2.33. The third-order valence-corrected chi connectivity index (χ3v) is 4.32. The first-order chi connectivity index (χ1) is 10.6. The van der Waals surface area contributed by atoms with E-state index in [1.54, 1.807) is 0 Å². The maximum Gasteiger partial charge on any atom is 0.134 e. The standard InChI is InChI=1S/C20H28BrNO.ClH/c1-14-11-15(21)7-9-17(14)18-10-8-16(23-18)12-22-20(5,6)13-19(2,3)4;/h7-11,22H,12-13H2,1-6H3;1H. The molecule has 2 aromatic rings. The van der Waals surface area contributed by atoms with Gasteiger partial charge in [0, 0.05) is 15.6 Å². The molecule has 4 heteroatoms. The Balaban J connectivity index is 0.00000288. The maximum atomic E-state index is 6.04. The first-order valence-electron chi connectivity index (χ1n) is 8.16. The SMILES string of the molecule is Cc1cc(Br)ccc1-c1ccc(CNC(C)(C)CC(C)(C)C)o1.Cl. The minimum absolute atomic E-state index is 0. The van der Waals surface area contributed by atoms with Crippen molar-refractivity contribution >= 4 is 28.3 Å². The van der Waals surface area contributed by atoms with E-state index in [2.05, 4.69) is 93.1 Å². The number of benzene rings is 1. The smallest absolute Gasteiger partial charge is 0.134 e. The molecule has 0 saturated carbocycles. The highest BCUT2D eigenvalue weighted by Gasteiger charge is 2.25. The predicted octanol–water partition coefficient (Wildman–Crippen LogP) is 6.74. The molecule has 0 bridgehead atoms. The molecule has 2 rings (SSSR count). The second kappa shape index (κ2) is 8.07. The van der Waals surface area contributed by atoms with Gasteiger partial charge in [-0.05, 0) is 68.5 Å². The van der Waals surface area contributed by atoms with Gasteiger partial charge in [0.25, 0.3) is 0 Å². The summed E-state index contributed by atoms with van der Waals surface area (Å²) in [5, 5.41) is 3.62. The number of hydrogen-bond acceptors (Lipinski definition) is 2. The van der Waals surface area contributed by atoms with E-state index < -0.39 is 0 Å². The number of furan rings is 1. The zero-order valence-corrected chi connectivity index (χ0v) is 17.9. The highest BCUT2D eigenvalue weighted by atomic mass is 79.9. The minimum atomic E-state index is 0. The van der Waals surface area contributed by atoms with E-state index in [1.807, 2.05) is 0 Å². The summed E-state index contributed by atoms with van der Waals surface area (Å²) in [6.07, 6.45) is 1.11. The van der Waals surface area contributed by atoms with Crippen LogP contribution in [0.25, 0.3) is 11.3 Å². The molecule has 0 amide bonds. The maximum absolute atomic E-state index is 6.04. The largest absolute Gasteiger partial charge is 0.460 e. The molecule has 1 aromatic heterocycles. The van der Waals surface area contributed by atoms with Gasteiger partial charge in [-0.3, -0.25) is 0 Å². The monoisotopic (exact) mass is 413 g/mol. The summed E-state index contributed by atoms with van der Waals surface area (Å²) in [7, 11) is 0. The Kier molecular flexibility index (Phi) is 7.16. The number of nitrogens with one attached hydrogen (secondary N) is 1. The van der Waals surface area contributed by atoms with Crippen molar-refractivity contribution in [3.8, 4) is 11.3 Å². The van der Waals surface area contributed by atoms with E-state index in [0.717, 1.165) is 34.5 Å². The average Bonchev–Trinajstić information content (AvgIpc) is 2.82. The van der Waals surface area contributed by atoms with Crippen LogP contribution in [0.4, 0.5) is 0 Å². The Morgan fingerprint density at radius 1 is 1.04 bits per heavy atom. The number of aryl methyl sites for hydroxylation is 1. The van der Waals surface area contributed by atoms with Gasteiger partial charge in [0.1, 0.15) is 11.5 Å². The molecule has 0 saturated heterocycles. The van der Waals surface area contributed by atoms with E-state index in [-0.39, 0.29) is 17.9 Å². The third-order valence-electron chi connectivity index (χ3n) is 3.83. The fourth-order valence-corrected chi connectivity index (χ4v) is 3.71. The van der Waals surface area contributed by atoms with Crippen molar-refractivity contribution in [2.45, 2.75) is 60.0 Å². The molecule has 2 nitrogen and oxygen atoms in total. The molecule has 0 unspecified atom stereocenters. The van der Waals surface area contributed by atoms with Gasteiger partial charge < -0.3 is 9.73 Å². The summed E-state index contributed by atoms with van der Waals surface area (Å²) < 4.78 is 7.13. The van der Waals surface area contributed by atoms with Crippen LogP contribution >= 0.6 is 28.3 Å². The minimum Gasteiger partial charge on any atom is -0.460 e. The van der Waals surface area contributed by atoms with Gasteiger partial charge in [-0.1, -0.05) is 36.7 Å². The number of halogens is 2. The third kappa shape index (κ3) is 6.27. The highest BCUT2D eigenvalue weighted by Crippen LogP contribution is 2.29. The van der Waals surface area contributed by atoms with Gasteiger partial charge in [-0.2, -0.15) is 0 Å². The Hall–Kier alpha value is -0.770. The summed E-state index contributed by atoms with van der Waals surface area (Å²) in [5.41, 5.74) is 2.74. The lowest BCUT2D eigenvalue weighted by Crippen LogP contribution is -2.41. The molecule has 0 fully saturated rings. The van der Waals surface area contributed by atoms with Crippen LogP contribution in [0, 0.1) is 12.3 Å². The summed E-state index contributed by atoms with van der Waals surface area (Å²) in [6, 6.07) is 10.4. The van der Waals surface area contributed by atoms with Crippen molar-refractivity contribution in [1.29, 1.82) is 0 Å². The van der Waals surface area contributed by atoms with Gasteiger partial charge >= 0.3 is 0 Å². The first kappa shape index (κ1) is 21.3. The Bertz CT molecular complexity index is 671. The van der Waals surface area contributed by atoms with Crippen LogP contribution in [0.5, 0.6) is 0 Å². The van der Waals surface area contributed by atoms with Gasteiger partial charge in [0.15, 0.2) is 0 Å². The van der Waals surface area contributed by atoms with Crippen molar-refractivity contribution in [2.24, 2.45) is 5.41 Å². The second-order valence-electron chi connectivity index (χ2n) is 8.20. The molecule has 0 spiro atoms. The lowest BCUT2D eigenvalue weighted by molar-refractivity contribution is 0.236. The molecule has 0 aliphatic heterocycles. The number of rotatable bonds is 5. The molecule has 0 aliphatic carbocycles. The zero-order valence-electron chi connectivity index (χ0n) is 15.5. The Labute approximate surface area is 161 Å². The molecule has 1 N–H and O–H groups in total. The van der Waals surface area contributed by atoms with Gasteiger partial charge in [0.05, 0.1) is 6.54 Å². The van der Waals surface area contributed by atoms with Gasteiger partial charge in [-0.25, -0.2) is 0 Å². The van der Waals surface area contributed by atoms with Crippen LogP contribution < -0.4 is 5.32 Å². The van der Waals surface area contributed by atoms with Crippen LogP contribution in [0.2, 0.25) is 0 Å². The first-order valence-corrected chi connectivity index (χ1v) is 8.95. The normalized spacial score (nSPS) is 12.1. The van der Waals surface area contributed by atoms with Crippen molar-refractivity contribution in [1.82, 2.24) is 5.32 Å². The van der Waals surface area contributed by atoms with Crippen LogP contribution in [0.15, 0.2) is 39.2 Å². The van der Waals surface area contributed by atoms with Gasteiger partial charge in [0.2, 0.25) is 0 Å². The summed E-state index contributed by atoms with van der Waals surface area (Å²) in [6.45, 7) is 14.2. The van der Waals surface area contributed by atoms with Crippen LogP contribution in [-0.2, 0) is 6.54 Å². The summed E-state index contributed by atoms with van der Waals surface area (Å²) in [4.78, 5) is 0. The van der Waals surface area contributed by atoms with E-state index in [4.69, 9.17) is 4.42 Å². The van der Waals surface area contributed by atoms with E-state index in [1.165, 1.54) is 5.56 Å².